The van der Waals surface area contributed by atoms with Crippen molar-refractivity contribution in [3.8, 4) is 5.69 Å². The van der Waals surface area contributed by atoms with E-state index >= 15 is 0 Å². The summed E-state index contributed by atoms with van der Waals surface area (Å²) in [6.07, 6.45) is -2.94. The highest BCUT2D eigenvalue weighted by atomic mass is 19.4. The first-order chi connectivity index (χ1) is 16.0. The van der Waals surface area contributed by atoms with Gasteiger partial charge in [0.25, 0.3) is 5.91 Å². The molecular formula is C23H27F3N4O4. The van der Waals surface area contributed by atoms with E-state index in [0.29, 0.717) is 36.2 Å². The maximum atomic E-state index is 13.7. The number of likely N-dealkylation sites (tertiary alicyclic amines) is 1. The molecule has 0 unspecified atom stereocenters. The van der Waals surface area contributed by atoms with Crippen LogP contribution in [0.25, 0.3) is 5.69 Å². The smallest absolute Gasteiger partial charge is 0.434 e. The third-order valence-corrected chi connectivity index (χ3v) is 5.48. The Morgan fingerprint density at radius 2 is 1.76 bits per heavy atom. The van der Waals surface area contributed by atoms with Crippen molar-refractivity contribution in [3.05, 3.63) is 47.3 Å². The Labute approximate surface area is 195 Å². The lowest BCUT2D eigenvalue weighted by atomic mass is 9.95. The molecule has 0 saturated carbocycles. The van der Waals surface area contributed by atoms with Gasteiger partial charge < -0.3 is 15.0 Å². The topological polar surface area (TPSA) is 93.5 Å². The minimum absolute atomic E-state index is 0.0201. The van der Waals surface area contributed by atoms with E-state index in [-0.39, 0.29) is 36.1 Å². The van der Waals surface area contributed by atoms with Gasteiger partial charge in [-0.15, -0.1) is 0 Å². The first-order valence-corrected chi connectivity index (χ1v) is 11.0. The number of hydrogen-bond acceptors (Lipinski definition) is 5. The fourth-order valence-corrected chi connectivity index (χ4v) is 3.85. The highest BCUT2D eigenvalue weighted by Crippen LogP contribution is 2.34. The summed E-state index contributed by atoms with van der Waals surface area (Å²) < 4.78 is 46.4. The number of benzene rings is 1. The van der Waals surface area contributed by atoms with Crippen molar-refractivity contribution in [3.63, 3.8) is 0 Å². The van der Waals surface area contributed by atoms with Crippen molar-refractivity contribution >= 4 is 17.8 Å². The molecule has 1 fully saturated rings. The molecule has 1 aliphatic rings. The molecule has 2 amide bonds. The van der Waals surface area contributed by atoms with Crippen molar-refractivity contribution in [2.24, 2.45) is 5.92 Å². The first kappa shape index (κ1) is 25.3. The predicted octanol–water partition coefficient (Wildman–Crippen LogP) is 3.44. The summed E-state index contributed by atoms with van der Waals surface area (Å²) in [6, 6.07) is 5.56. The molecule has 34 heavy (non-hydrogen) atoms. The van der Waals surface area contributed by atoms with Gasteiger partial charge in [0.05, 0.1) is 18.5 Å². The number of piperidine rings is 1. The molecule has 1 aliphatic heterocycles. The van der Waals surface area contributed by atoms with Crippen LogP contribution >= 0.6 is 0 Å². The largest absolute Gasteiger partial charge is 0.462 e. The Morgan fingerprint density at radius 3 is 2.29 bits per heavy atom. The van der Waals surface area contributed by atoms with E-state index < -0.39 is 23.4 Å². The summed E-state index contributed by atoms with van der Waals surface area (Å²) in [4.78, 5) is 38.6. The number of halogens is 3. The van der Waals surface area contributed by atoms with Gasteiger partial charge in [-0.25, -0.2) is 9.48 Å². The van der Waals surface area contributed by atoms with Gasteiger partial charge in [-0.1, -0.05) is 0 Å². The number of esters is 1. The normalized spacial score (nSPS) is 14.9. The van der Waals surface area contributed by atoms with Gasteiger partial charge in [0.2, 0.25) is 5.91 Å². The summed E-state index contributed by atoms with van der Waals surface area (Å²) in [5.41, 5.74) is -1.57. The highest BCUT2D eigenvalue weighted by molar-refractivity contribution is 5.94. The molecule has 184 valence electrons. The van der Waals surface area contributed by atoms with Gasteiger partial charge in [-0.2, -0.15) is 18.3 Å². The fourth-order valence-electron chi connectivity index (χ4n) is 3.85. The number of amides is 2. The Bertz CT molecular complexity index is 1040. The quantitative estimate of drug-likeness (QED) is 0.640. The molecule has 0 spiro atoms. The Morgan fingerprint density at radius 1 is 1.15 bits per heavy atom. The van der Waals surface area contributed by atoms with E-state index in [9.17, 15) is 27.6 Å². The molecular weight excluding hydrogens is 453 g/mol. The van der Waals surface area contributed by atoms with Crippen LogP contribution in [-0.2, 0) is 15.7 Å². The van der Waals surface area contributed by atoms with Crippen LogP contribution in [0.4, 0.5) is 13.2 Å². The first-order valence-electron chi connectivity index (χ1n) is 11.0. The third kappa shape index (κ3) is 5.57. The second kappa shape index (κ2) is 10.3. The van der Waals surface area contributed by atoms with Crippen LogP contribution in [0, 0.1) is 5.92 Å². The average Bonchev–Trinajstić information content (AvgIpc) is 3.25. The monoisotopic (exact) mass is 480 g/mol. The number of carbonyl (C=O) groups excluding carboxylic acids is 3. The molecule has 1 saturated heterocycles. The van der Waals surface area contributed by atoms with Crippen LogP contribution < -0.4 is 5.32 Å². The molecule has 1 aromatic carbocycles. The van der Waals surface area contributed by atoms with Crippen LogP contribution in [0.15, 0.2) is 30.5 Å². The number of ether oxygens (including phenoxy) is 1. The van der Waals surface area contributed by atoms with E-state index in [0.717, 1.165) is 6.20 Å². The van der Waals surface area contributed by atoms with Gasteiger partial charge >= 0.3 is 12.1 Å². The summed E-state index contributed by atoms with van der Waals surface area (Å²) in [5, 5.41) is 6.61. The lowest BCUT2D eigenvalue weighted by Gasteiger charge is -2.31. The predicted molar refractivity (Wildman–Crippen MR) is 116 cm³/mol. The molecule has 0 aliphatic carbocycles. The molecule has 0 bridgehead atoms. The van der Waals surface area contributed by atoms with E-state index in [1.54, 1.807) is 4.90 Å². The molecule has 2 heterocycles. The number of hydrogen-bond donors (Lipinski definition) is 1. The van der Waals surface area contributed by atoms with Crippen molar-refractivity contribution < 1.29 is 32.3 Å². The van der Waals surface area contributed by atoms with Gasteiger partial charge in [0, 0.05) is 30.6 Å². The van der Waals surface area contributed by atoms with Crippen molar-refractivity contribution in [2.45, 2.75) is 45.8 Å². The van der Waals surface area contributed by atoms with Crippen LogP contribution in [0.2, 0.25) is 0 Å². The SMILES string of the molecule is CCOC(=O)c1cnn(-c2ccc(C(=O)N3CCC(C(=O)NC(C)C)CC3)cc2)c1C(F)(F)F. The number of aromatic nitrogens is 2. The van der Waals surface area contributed by atoms with Gasteiger partial charge in [-0.05, 0) is 57.9 Å². The van der Waals surface area contributed by atoms with Crippen LogP contribution in [0.5, 0.6) is 0 Å². The summed E-state index contributed by atoms with van der Waals surface area (Å²) in [6.45, 7) is 6.03. The number of nitrogens with zero attached hydrogens (tertiary/aromatic N) is 3. The zero-order chi connectivity index (χ0) is 25.0. The molecule has 0 radical (unpaired) electrons. The summed E-state index contributed by atoms with van der Waals surface area (Å²) >= 11 is 0. The molecule has 3 rings (SSSR count). The Hall–Kier alpha value is -3.37. The number of rotatable bonds is 6. The number of carbonyl (C=O) groups is 3. The average molecular weight is 480 g/mol. The Balaban J connectivity index is 1.74. The molecule has 1 aromatic heterocycles. The minimum Gasteiger partial charge on any atom is -0.462 e. The maximum absolute atomic E-state index is 13.7. The second-order valence-corrected chi connectivity index (χ2v) is 8.31. The van der Waals surface area contributed by atoms with Gasteiger partial charge in [0.1, 0.15) is 5.56 Å². The highest BCUT2D eigenvalue weighted by Gasteiger charge is 2.41. The van der Waals surface area contributed by atoms with E-state index in [4.69, 9.17) is 4.74 Å². The molecule has 0 atom stereocenters. The summed E-state index contributed by atoms with van der Waals surface area (Å²) in [5.74, 6) is -1.55. The van der Waals surface area contributed by atoms with Crippen molar-refractivity contribution in [2.75, 3.05) is 19.7 Å². The van der Waals surface area contributed by atoms with Crippen LogP contribution in [-0.4, -0.2) is 58.2 Å². The lowest BCUT2D eigenvalue weighted by molar-refractivity contribution is -0.143. The lowest BCUT2D eigenvalue weighted by Crippen LogP contribution is -2.44. The third-order valence-electron chi connectivity index (χ3n) is 5.48. The van der Waals surface area contributed by atoms with Crippen molar-refractivity contribution in [1.29, 1.82) is 0 Å². The van der Waals surface area contributed by atoms with Crippen LogP contribution in [0.3, 0.4) is 0 Å². The number of alkyl halides is 3. The van der Waals surface area contributed by atoms with E-state index in [1.165, 1.54) is 31.2 Å². The number of nitrogens with one attached hydrogen (secondary N) is 1. The minimum atomic E-state index is -4.85. The zero-order valence-electron chi connectivity index (χ0n) is 19.2. The molecule has 1 N–H and O–H groups in total. The fraction of sp³-hybridized carbons (Fsp3) is 0.478. The zero-order valence-corrected chi connectivity index (χ0v) is 19.2. The second-order valence-electron chi connectivity index (χ2n) is 8.31. The van der Waals surface area contributed by atoms with E-state index in [1.807, 2.05) is 13.8 Å². The van der Waals surface area contributed by atoms with Crippen LogP contribution in [0.1, 0.15) is 60.0 Å². The standard InChI is InChI=1S/C23H27F3N4O4/c1-4-34-22(33)18-13-27-30(19(18)23(24,25)26)17-7-5-16(6-8-17)21(32)29-11-9-15(10-12-29)20(31)28-14(2)3/h5-8,13-15H,4,9-12H2,1-3H3,(H,28,31). The van der Waals surface area contributed by atoms with Gasteiger partial charge in [-0.3, -0.25) is 9.59 Å². The molecule has 8 nitrogen and oxygen atoms in total. The Kier molecular flexibility index (Phi) is 7.63. The maximum Gasteiger partial charge on any atom is 0.434 e. The van der Waals surface area contributed by atoms with Crippen molar-refractivity contribution in [1.82, 2.24) is 20.0 Å². The van der Waals surface area contributed by atoms with E-state index in [2.05, 4.69) is 10.4 Å². The summed E-state index contributed by atoms with van der Waals surface area (Å²) in [7, 11) is 0. The molecule has 11 heteroatoms. The molecule has 2 aromatic rings. The van der Waals surface area contributed by atoms with Gasteiger partial charge in [0.15, 0.2) is 5.69 Å².